The van der Waals surface area contributed by atoms with Gasteiger partial charge in [0, 0.05) is 0 Å². The van der Waals surface area contributed by atoms with Crippen LogP contribution in [0.5, 0.6) is 0 Å². The van der Waals surface area contributed by atoms with Crippen molar-refractivity contribution in [3.63, 3.8) is 0 Å². The van der Waals surface area contributed by atoms with Gasteiger partial charge in [-0.1, -0.05) is 0 Å². The second-order valence-electron chi connectivity index (χ2n) is 3.16. The first-order chi connectivity index (χ1) is 7.43. The molecular weight excluding hydrogens is 247 g/mol. The maximum absolute atomic E-state index is 3.11. The molecule has 0 aliphatic carbocycles. The van der Waals surface area contributed by atoms with Crippen LogP contribution in [0.15, 0.2) is 41.4 Å². The average Bonchev–Trinajstić information content (AvgIpc) is 2.29. The van der Waals surface area contributed by atoms with Gasteiger partial charge in [-0.2, -0.15) is 0 Å². The second-order valence-corrected chi connectivity index (χ2v) is 5.29. The predicted molar refractivity (Wildman–Crippen MR) is 67.9 cm³/mol. The second kappa shape index (κ2) is 8.36. The first-order valence-electron chi connectivity index (χ1n) is 5.26. The molecule has 0 atom stereocenters. The van der Waals surface area contributed by atoms with Gasteiger partial charge >= 0.3 is 98.8 Å². The summed E-state index contributed by atoms with van der Waals surface area (Å²) in [4.78, 5) is 2.22. The Hall–Kier alpha value is -0.961. The van der Waals surface area contributed by atoms with E-state index in [9.17, 15) is 0 Å². The van der Waals surface area contributed by atoms with Crippen LogP contribution in [-0.4, -0.2) is 15.0 Å². The molecule has 0 aliphatic rings. The Morgan fingerprint density at radius 2 is 2.07 bits per heavy atom. The molecule has 1 aromatic rings. The first kappa shape index (κ1) is 12.1. The van der Waals surface area contributed by atoms with E-state index in [-0.39, 0.29) is 0 Å². The summed E-state index contributed by atoms with van der Waals surface area (Å²) in [7, 11) is 0. The van der Waals surface area contributed by atoms with Gasteiger partial charge in [0.2, 0.25) is 0 Å². The molecule has 1 aromatic carbocycles. The Kier molecular flexibility index (Phi) is 6.75. The summed E-state index contributed by atoms with van der Waals surface area (Å²) in [5.41, 5.74) is 1.09. The quantitative estimate of drug-likeness (QED) is 0.443. The van der Waals surface area contributed by atoms with E-state index in [1.807, 2.05) is 36.4 Å². The summed E-state index contributed by atoms with van der Waals surface area (Å²) < 4.78 is 0. The molecule has 0 saturated carbocycles. The maximum atomic E-state index is 3.11. The van der Waals surface area contributed by atoms with E-state index in [1.165, 1.54) is 18.2 Å². The van der Waals surface area contributed by atoms with Crippen molar-refractivity contribution in [1.29, 1.82) is 0 Å². The Morgan fingerprint density at radius 1 is 1.27 bits per heavy atom. The molecule has 0 spiro atoms. The molecule has 0 radical (unpaired) electrons. The third kappa shape index (κ3) is 6.18. The molecule has 15 heavy (non-hydrogen) atoms. The molecule has 0 aliphatic heterocycles. The Morgan fingerprint density at radius 3 is 2.80 bits per heavy atom. The van der Waals surface area contributed by atoms with Crippen LogP contribution >= 0.6 is 0 Å². The van der Waals surface area contributed by atoms with Gasteiger partial charge in [-0.3, -0.25) is 0 Å². The molecule has 1 rings (SSSR count). The van der Waals surface area contributed by atoms with Gasteiger partial charge < -0.3 is 0 Å². The van der Waals surface area contributed by atoms with Gasteiger partial charge in [0.05, 0.1) is 0 Å². The van der Waals surface area contributed by atoms with Crippen LogP contribution in [0.4, 0.5) is 0 Å². The standard InChI is InChI=1S/C14H16Se/c1-2-3-12-15-13-8-7-11-14-9-5-4-6-10-14/h4-6,8-10,13H,2-3,12H2,1H3/b13-8-. The van der Waals surface area contributed by atoms with Gasteiger partial charge in [-0.25, -0.2) is 0 Å². The van der Waals surface area contributed by atoms with Crippen LogP contribution < -0.4 is 0 Å². The fourth-order valence-corrected chi connectivity index (χ4v) is 2.61. The Labute approximate surface area is 98.9 Å². The van der Waals surface area contributed by atoms with Crippen LogP contribution in [0.3, 0.4) is 0 Å². The molecular formula is C14H16Se. The van der Waals surface area contributed by atoms with E-state index in [4.69, 9.17) is 0 Å². The topological polar surface area (TPSA) is 0 Å². The summed E-state index contributed by atoms with van der Waals surface area (Å²) in [6.45, 7) is 2.23. The molecule has 0 fully saturated rings. The van der Waals surface area contributed by atoms with Crippen LogP contribution in [0.1, 0.15) is 25.3 Å². The summed E-state index contributed by atoms with van der Waals surface area (Å²) in [5, 5.41) is 1.34. The fourth-order valence-electron chi connectivity index (χ4n) is 1.02. The van der Waals surface area contributed by atoms with Crippen molar-refractivity contribution in [1.82, 2.24) is 0 Å². The minimum atomic E-state index is 0.640. The van der Waals surface area contributed by atoms with E-state index in [0.29, 0.717) is 15.0 Å². The van der Waals surface area contributed by atoms with E-state index in [2.05, 4.69) is 23.7 Å². The van der Waals surface area contributed by atoms with Crippen molar-refractivity contribution in [3.8, 4) is 11.8 Å². The SMILES string of the molecule is CCCC[Se]/C=C\C#Cc1ccccc1. The molecule has 0 unspecified atom stereocenters. The Bertz CT molecular complexity index is 341. The molecule has 0 nitrogen and oxygen atoms in total. The van der Waals surface area contributed by atoms with Crippen molar-refractivity contribution in [2.45, 2.75) is 25.1 Å². The van der Waals surface area contributed by atoms with Gasteiger partial charge in [-0.15, -0.1) is 0 Å². The van der Waals surface area contributed by atoms with Crippen molar-refractivity contribution >= 4 is 15.0 Å². The molecule has 0 amide bonds. The monoisotopic (exact) mass is 264 g/mol. The molecule has 0 bridgehead atoms. The fraction of sp³-hybridized carbons (Fsp3) is 0.286. The number of unbranched alkanes of at least 4 members (excludes halogenated alkanes) is 1. The number of rotatable bonds is 4. The van der Waals surface area contributed by atoms with Crippen LogP contribution in [0, 0.1) is 11.8 Å². The van der Waals surface area contributed by atoms with Crippen molar-refractivity contribution in [2.24, 2.45) is 0 Å². The van der Waals surface area contributed by atoms with Crippen molar-refractivity contribution in [3.05, 3.63) is 46.9 Å². The van der Waals surface area contributed by atoms with E-state index in [0.717, 1.165) is 5.56 Å². The number of benzene rings is 1. The van der Waals surface area contributed by atoms with E-state index < -0.39 is 0 Å². The van der Waals surface area contributed by atoms with Crippen molar-refractivity contribution in [2.75, 3.05) is 0 Å². The van der Waals surface area contributed by atoms with Gasteiger partial charge in [-0.05, 0) is 0 Å². The molecule has 1 heteroatoms. The molecule has 0 heterocycles. The Balaban J connectivity index is 2.28. The average molecular weight is 263 g/mol. The zero-order valence-electron chi connectivity index (χ0n) is 9.07. The third-order valence-electron chi connectivity index (χ3n) is 1.85. The van der Waals surface area contributed by atoms with Crippen LogP contribution in [0.25, 0.3) is 0 Å². The van der Waals surface area contributed by atoms with Crippen LogP contribution in [0.2, 0.25) is 5.32 Å². The summed E-state index contributed by atoms with van der Waals surface area (Å²) >= 11 is 0.640. The molecule has 0 aromatic heterocycles. The predicted octanol–water partition coefficient (Wildman–Crippen LogP) is 3.47. The summed E-state index contributed by atoms with van der Waals surface area (Å²) in [5.74, 6) is 6.17. The molecule has 0 saturated heterocycles. The summed E-state index contributed by atoms with van der Waals surface area (Å²) in [6.07, 6.45) is 4.63. The number of allylic oxidation sites excluding steroid dienone is 1. The molecule has 78 valence electrons. The minimum absolute atomic E-state index is 0.640. The third-order valence-corrected chi connectivity index (χ3v) is 3.64. The van der Waals surface area contributed by atoms with Gasteiger partial charge in [0.25, 0.3) is 0 Å². The summed E-state index contributed by atoms with van der Waals surface area (Å²) in [6, 6.07) is 10.1. The van der Waals surface area contributed by atoms with Crippen molar-refractivity contribution < 1.29 is 0 Å². The zero-order chi connectivity index (χ0) is 10.8. The molecule has 0 N–H and O–H groups in total. The normalized spacial score (nSPS) is 9.93. The van der Waals surface area contributed by atoms with E-state index in [1.54, 1.807) is 0 Å². The number of hydrogen-bond acceptors (Lipinski definition) is 0. The van der Waals surface area contributed by atoms with Gasteiger partial charge in [0.1, 0.15) is 0 Å². The first-order valence-corrected chi connectivity index (χ1v) is 7.46. The zero-order valence-corrected chi connectivity index (χ0v) is 10.8. The van der Waals surface area contributed by atoms with E-state index >= 15 is 0 Å². The van der Waals surface area contributed by atoms with Crippen LogP contribution in [-0.2, 0) is 0 Å². The number of hydrogen-bond donors (Lipinski definition) is 0. The van der Waals surface area contributed by atoms with Gasteiger partial charge in [0.15, 0.2) is 0 Å².